The summed E-state index contributed by atoms with van der Waals surface area (Å²) in [6.45, 7) is 0. The van der Waals surface area contributed by atoms with Gasteiger partial charge in [0.25, 0.3) is 0 Å². The first-order valence-corrected chi connectivity index (χ1v) is 5.13. The number of aliphatic hydroxyl groups is 1. The van der Waals surface area contributed by atoms with Crippen LogP contribution in [0.4, 0.5) is 13.2 Å². The van der Waals surface area contributed by atoms with Crippen LogP contribution < -0.4 is 4.74 Å². The zero-order chi connectivity index (χ0) is 13.6. The van der Waals surface area contributed by atoms with E-state index in [2.05, 4.69) is 9.89 Å². The van der Waals surface area contributed by atoms with E-state index in [9.17, 15) is 18.3 Å². The number of hydrogen-bond acceptors (Lipinski definition) is 4. The van der Waals surface area contributed by atoms with Crippen molar-refractivity contribution in [3.05, 3.63) is 28.8 Å². The predicted molar refractivity (Wildman–Crippen MR) is 56.0 cm³/mol. The van der Waals surface area contributed by atoms with Crippen molar-refractivity contribution in [2.75, 3.05) is 0 Å². The van der Waals surface area contributed by atoms with Gasteiger partial charge >= 0.3 is 12.0 Å². The van der Waals surface area contributed by atoms with Crippen LogP contribution in [0.3, 0.4) is 0 Å². The first-order chi connectivity index (χ1) is 8.27. The molecule has 1 unspecified atom stereocenters. The molecule has 8 heteroatoms. The third-order valence-electron chi connectivity index (χ3n) is 2.50. The second-order valence-corrected chi connectivity index (χ2v) is 4.18. The maximum Gasteiger partial charge on any atom is 0.455 e. The Bertz CT molecular complexity index is 518. The van der Waals surface area contributed by atoms with Crippen molar-refractivity contribution in [3.63, 3.8) is 0 Å². The normalized spacial score (nSPS) is 25.7. The van der Waals surface area contributed by atoms with Gasteiger partial charge in [0.1, 0.15) is 5.75 Å². The van der Waals surface area contributed by atoms with Crippen LogP contribution >= 0.6 is 11.6 Å². The lowest BCUT2D eigenvalue weighted by atomic mass is 9.97. The number of ether oxygens (including phenoxy) is 1. The molecule has 0 saturated heterocycles. The molecular formula is C10H7ClF3NO3. The van der Waals surface area contributed by atoms with Crippen LogP contribution in [-0.2, 0) is 0 Å². The number of fused-ring (bicyclic) bond motifs is 1. The molecule has 4 nitrogen and oxygen atoms in total. The molecule has 2 rings (SSSR count). The van der Waals surface area contributed by atoms with Gasteiger partial charge in [-0.25, -0.2) is 0 Å². The van der Waals surface area contributed by atoms with Gasteiger partial charge in [-0.05, 0) is 18.2 Å². The number of oxime groups is 1. The maximum atomic E-state index is 12.7. The number of halogens is 4. The van der Waals surface area contributed by atoms with Gasteiger partial charge in [0, 0.05) is 10.6 Å². The average molecular weight is 282 g/mol. The van der Waals surface area contributed by atoms with Crippen LogP contribution in [0.5, 0.6) is 5.75 Å². The Morgan fingerprint density at radius 1 is 1.39 bits per heavy atom. The highest BCUT2D eigenvalue weighted by Gasteiger charge is 2.59. The third kappa shape index (κ3) is 1.99. The molecule has 1 aliphatic heterocycles. The van der Waals surface area contributed by atoms with Gasteiger partial charge < -0.3 is 15.1 Å². The average Bonchev–Trinajstić information content (AvgIpc) is 2.27. The third-order valence-corrected chi connectivity index (χ3v) is 2.74. The lowest BCUT2D eigenvalue weighted by molar-refractivity contribution is -0.333. The number of nitrogens with zero attached hydrogens (tertiary/aromatic N) is 1. The molecule has 2 N–H and O–H groups in total. The van der Waals surface area contributed by atoms with Crippen molar-refractivity contribution >= 4 is 17.3 Å². The molecule has 0 aromatic heterocycles. The van der Waals surface area contributed by atoms with Crippen LogP contribution in [-0.4, -0.2) is 28.0 Å². The number of alkyl halides is 3. The zero-order valence-corrected chi connectivity index (χ0v) is 9.46. The van der Waals surface area contributed by atoms with Crippen molar-refractivity contribution in [3.8, 4) is 5.75 Å². The molecule has 0 amide bonds. The summed E-state index contributed by atoms with van der Waals surface area (Å²) < 4.78 is 42.6. The molecule has 1 aromatic carbocycles. The molecular weight excluding hydrogens is 275 g/mol. The SMILES string of the molecule is ON=C1CC(O)(C(F)(F)F)Oc2ccc(Cl)cc21. The minimum Gasteiger partial charge on any atom is -0.452 e. The Balaban J connectivity index is 2.54. The lowest BCUT2D eigenvalue weighted by Gasteiger charge is -2.35. The van der Waals surface area contributed by atoms with Crippen molar-refractivity contribution in [1.82, 2.24) is 0 Å². The van der Waals surface area contributed by atoms with E-state index in [1.165, 1.54) is 18.2 Å². The van der Waals surface area contributed by atoms with E-state index < -0.39 is 18.4 Å². The van der Waals surface area contributed by atoms with Crippen LogP contribution in [0.1, 0.15) is 12.0 Å². The summed E-state index contributed by atoms with van der Waals surface area (Å²) in [6, 6.07) is 3.76. The summed E-state index contributed by atoms with van der Waals surface area (Å²) in [6.07, 6.45) is -6.03. The highest BCUT2D eigenvalue weighted by molar-refractivity contribution is 6.31. The van der Waals surface area contributed by atoms with Gasteiger partial charge in [-0.2, -0.15) is 13.2 Å². The number of rotatable bonds is 0. The molecule has 1 aromatic rings. The van der Waals surface area contributed by atoms with E-state index in [-0.39, 0.29) is 22.0 Å². The van der Waals surface area contributed by atoms with E-state index in [4.69, 9.17) is 16.8 Å². The van der Waals surface area contributed by atoms with E-state index in [0.717, 1.165) is 0 Å². The highest BCUT2D eigenvalue weighted by Crippen LogP contribution is 2.42. The summed E-state index contributed by atoms with van der Waals surface area (Å²) in [5.74, 6) is -3.66. The van der Waals surface area contributed by atoms with Crippen molar-refractivity contribution in [2.24, 2.45) is 5.16 Å². The molecule has 0 radical (unpaired) electrons. The molecule has 0 bridgehead atoms. The Hall–Kier alpha value is -1.47. The van der Waals surface area contributed by atoms with Gasteiger partial charge in [-0.3, -0.25) is 0 Å². The predicted octanol–water partition coefficient (Wildman–Crippen LogP) is 2.55. The van der Waals surface area contributed by atoms with E-state index in [1.54, 1.807) is 0 Å². The summed E-state index contributed by atoms with van der Waals surface area (Å²) in [7, 11) is 0. The molecule has 1 aliphatic rings. The second-order valence-electron chi connectivity index (χ2n) is 3.75. The molecule has 1 heterocycles. The number of benzene rings is 1. The number of hydrogen-bond donors (Lipinski definition) is 2. The zero-order valence-electron chi connectivity index (χ0n) is 8.70. The minimum atomic E-state index is -5.01. The summed E-state index contributed by atoms with van der Waals surface area (Å²) in [4.78, 5) is 0. The monoisotopic (exact) mass is 281 g/mol. The molecule has 0 saturated carbocycles. The molecule has 98 valence electrons. The lowest BCUT2D eigenvalue weighted by Crippen LogP contribution is -2.54. The molecule has 0 aliphatic carbocycles. The van der Waals surface area contributed by atoms with E-state index in [0.29, 0.717) is 0 Å². The first kappa shape index (κ1) is 13.0. The summed E-state index contributed by atoms with van der Waals surface area (Å²) >= 11 is 5.68. The van der Waals surface area contributed by atoms with Crippen LogP contribution in [0.25, 0.3) is 0 Å². The molecule has 18 heavy (non-hydrogen) atoms. The molecule has 1 atom stereocenters. The Kier molecular flexibility index (Phi) is 2.90. The fourth-order valence-electron chi connectivity index (χ4n) is 1.60. The van der Waals surface area contributed by atoms with Crippen LogP contribution in [0.15, 0.2) is 23.4 Å². The van der Waals surface area contributed by atoms with Crippen LogP contribution in [0.2, 0.25) is 5.02 Å². The quantitative estimate of drug-likeness (QED) is 0.567. The van der Waals surface area contributed by atoms with Gasteiger partial charge in [0.2, 0.25) is 0 Å². The fraction of sp³-hybridized carbons (Fsp3) is 0.300. The van der Waals surface area contributed by atoms with Gasteiger partial charge in [0.05, 0.1) is 12.1 Å². The Morgan fingerprint density at radius 2 is 2.06 bits per heavy atom. The minimum absolute atomic E-state index is 0.110. The molecule has 0 fully saturated rings. The van der Waals surface area contributed by atoms with Gasteiger partial charge in [0.15, 0.2) is 0 Å². The standard InChI is InChI=1S/C10H7ClF3NO3/c11-5-1-2-8-6(3-5)7(15-17)4-9(16,18-8)10(12,13)14/h1-3,16-17H,4H2. The Labute approximate surface area is 104 Å². The summed E-state index contributed by atoms with van der Waals surface area (Å²) in [5, 5.41) is 21.2. The van der Waals surface area contributed by atoms with E-state index in [1.807, 2.05) is 0 Å². The highest BCUT2D eigenvalue weighted by atomic mass is 35.5. The molecule has 0 spiro atoms. The van der Waals surface area contributed by atoms with Gasteiger partial charge in [-0.1, -0.05) is 16.8 Å². The van der Waals surface area contributed by atoms with Gasteiger partial charge in [-0.15, -0.1) is 0 Å². The summed E-state index contributed by atoms with van der Waals surface area (Å²) in [5.41, 5.74) is -0.238. The second kappa shape index (κ2) is 4.03. The topological polar surface area (TPSA) is 62.1 Å². The smallest absolute Gasteiger partial charge is 0.452 e. The van der Waals surface area contributed by atoms with Crippen LogP contribution in [0, 0.1) is 0 Å². The first-order valence-electron chi connectivity index (χ1n) is 4.76. The maximum absolute atomic E-state index is 12.7. The van der Waals surface area contributed by atoms with Crippen molar-refractivity contribution in [1.29, 1.82) is 0 Å². The largest absolute Gasteiger partial charge is 0.455 e. The van der Waals surface area contributed by atoms with Crippen molar-refractivity contribution < 1.29 is 28.2 Å². The fourth-order valence-corrected chi connectivity index (χ4v) is 1.78. The van der Waals surface area contributed by atoms with E-state index >= 15 is 0 Å². The van der Waals surface area contributed by atoms with Crippen molar-refractivity contribution in [2.45, 2.75) is 18.4 Å². The Morgan fingerprint density at radius 3 is 2.61 bits per heavy atom.